The van der Waals surface area contributed by atoms with Gasteiger partial charge in [-0.1, -0.05) is 23.9 Å². The molecule has 0 spiro atoms. The van der Waals surface area contributed by atoms with E-state index in [1.807, 2.05) is 31.2 Å². The summed E-state index contributed by atoms with van der Waals surface area (Å²) < 4.78 is 7.00. The molecule has 1 aromatic heterocycles. The van der Waals surface area contributed by atoms with Crippen LogP contribution in [0.15, 0.2) is 53.7 Å². The van der Waals surface area contributed by atoms with E-state index in [-0.39, 0.29) is 5.91 Å². The van der Waals surface area contributed by atoms with Crippen molar-refractivity contribution in [2.24, 2.45) is 0 Å². The summed E-state index contributed by atoms with van der Waals surface area (Å²) in [6.07, 6.45) is 0. The van der Waals surface area contributed by atoms with Gasteiger partial charge in [0, 0.05) is 0 Å². The number of hydrogen-bond donors (Lipinski definition) is 1. The second-order valence-corrected chi connectivity index (χ2v) is 7.01. The zero-order valence-electron chi connectivity index (χ0n) is 15.4. The molecule has 1 heterocycles. The lowest BCUT2D eigenvalue weighted by Crippen LogP contribution is -2.23. The highest BCUT2D eigenvalue weighted by Crippen LogP contribution is 2.25. The zero-order chi connectivity index (χ0) is 19.9. The summed E-state index contributed by atoms with van der Waals surface area (Å²) in [5, 5.41) is 23.7. The molecule has 2 aromatic carbocycles. The van der Waals surface area contributed by atoms with Gasteiger partial charge in [0.05, 0.1) is 28.8 Å². The van der Waals surface area contributed by atoms with Crippen LogP contribution in [0.25, 0.3) is 5.69 Å². The number of para-hydroxylation sites is 1. The average Bonchev–Trinajstić information content (AvgIpc) is 3.17. The molecular formula is C19H18N6O2S. The molecule has 0 bridgehead atoms. The van der Waals surface area contributed by atoms with Crippen LogP contribution in [0.4, 0.5) is 5.69 Å². The van der Waals surface area contributed by atoms with Crippen LogP contribution in [0, 0.1) is 11.3 Å². The molecule has 0 radical (unpaired) electrons. The molecule has 1 unspecified atom stereocenters. The molecule has 0 aliphatic heterocycles. The second-order valence-electron chi connectivity index (χ2n) is 5.71. The van der Waals surface area contributed by atoms with Crippen molar-refractivity contribution in [2.45, 2.75) is 24.3 Å². The van der Waals surface area contributed by atoms with Crippen molar-refractivity contribution in [1.82, 2.24) is 20.2 Å². The monoisotopic (exact) mass is 394 g/mol. The number of hydrogen-bond acceptors (Lipinski definition) is 7. The predicted octanol–water partition coefficient (Wildman–Crippen LogP) is 3.05. The van der Waals surface area contributed by atoms with Crippen LogP contribution in [-0.4, -0.2) is 38.0 Å². The molecule has 1 atom stereocenters. The number of anilines is 1. The van der Waals surface area contributed by atoms with Crippen LogP contribution in [0.5, 0.6) is 5.75 Å². The first kappa shape index (κ1) is 19.4. The third kappa shape index (κ3) is 4.47. The van der Waals surface area contributed by atoms with E-state index < -0.39 is 5.25 Å². The maximum atomic E-state index is 12.5. The first-order chi connectivity index (χ1) is 13.6. The number of thioether (sulfide) groups is 1. The van der Waals surface area contributed by atoms with E-state index in [2.05, 4.69) is 26.9 Å². The lowest BCUT2D eigenvalue weighted by atomic mass is 10.2. The maximum Gasteiger partial charge on any atom is 0.237 e. The molecule has 0 aliphatic carbocycles. The SMILES string of the molecule is CCOc1ccc(-n2nnnc2SC(C)C(=O)Nc2ccccc2C#N)cc1. The van der Waals surface area contributed by atoms with Crippen LogP contribution >= 0.6 is 11.8 Å². The standard InChI is InChI=1S/C19H18N6O2S/c1-3-27-16-10-8-15(9-11-16)25-19(22-23-24-25)28-13(2)18(26)21-17-7-5-4-6-14(17)12-20/h4-11,13H,3H2,1-2H3,(H,21,26). The van der Waals surface area contributed by atoms with Crippen molar-refractivity contribution in [3.8, 4) is 17.5 Å². The van der Waals surface area contributed by atoms with Gasteiger partial charge in [0.25, 0.3) is 0 Å². The Morgan fingerprint density at radius 2 is 2.04 bits per heavy atom. The largest absolute Gasteiger partial charge is 0.494 e. The number of aromatic nitrogens is 4. The van der Waals surface area contributed by atoms with Gasteiger partial charge < -0.3 is 10.1 Å². The molecular weight excluding hydrogens is 376 g/mol. The van der Waals surface area contributed by atoms with Gasteiger partial charge in [-0.25, -0.2) is 0 Å². The highest BCUT2D eigenvalue weighted by Gasteiger charge is 2.20. The normalized spacial score (nSPS) is 11.5. The van der Waals surface area contributed by atoms with Crippen LogP contribution in [0.2, 0.25) is 0 Å². The first-order valence-electron chi connectivity index (χ1n) is 8.60. The highest BCUT2D eigenvalue weighted by atomic mass is 32.2. The van der Waals surface area contributed by atoms with Crippen molar-refractivity contribution in [1.29, 1.82) is 5.26 Å². The van der Waals surface area contributed by atoms with E-state index in [0.29, 0.717) is 23.0 Å². The molecule has 3 rings (SSSR count). The maximum absolute atomic E-state index is 12.5. The van der Waals surface area contributed by atoms with Crippen molar-refractivity contribution in [2.75, 3.05) is 11.9 Å². The smallest absolute Gasteiger partial charge is 0.237 e. The minimum atomic E-state index is -0.473. The van der Waals surface area contributed by atoms with E-state index in [0.717, 1.165) is 11.4 Å². The quantitative estimate of drug-likeness (QED) is 0.614. The predicted molar refractivity (Wildman–Crippen MR) is 105 cm³/mol. The lowest BCUT2D eigenvalue weighted by Gasteiger charge is -2.12. The number of rotatable bonds is 7. The molecule has 0 fully saturated rings. The lowest BCUT2D eigenvalue weighted by molar-refractivity contribution is -0.115. The Morgan fingerprint density at radius 1 is 1.29 bits per heavy atom. The number of carbonyl (C=O) groups excluding carboxylic acids is 1. The number of nitriles is 1. The minimum absolute atomic E-state index is 0.242. The summed E-state index contributed by atoms with van der Waals surface area (Å²) in [7, 11) is 0. The van der Waals surface area contributed by atoms with Crippen molar-refractivity contribution >= 4 is 23.4 Å². The summed E-state index contributed by atoms with van der Waals surface area (Å²) in [4.78, 5) is 12.5. The number of carbonyl (C=O) groups is 1. The van der Waals surface area contributed by atoms with E-state index in [4.69, 9.17) is 10.00 Å². The molecule has 0 saturated carbocycles. The summed E-state index contributed by atoms with van der Waals surface area (Å²) in [5.74, 6) is 0.520. The number of amides is 1. The van der Waals surface area contributed by atoms with Crippen LogP contribution < -0.4 is 10.1 Å². The van der Waals surface area contributed by atoms with E-state index >= 15 is 0 Å². The molecule has 142 valence electrons. The van der Waals surface area contributed by atoms with Gasteiger partial charge in [-0.3, -0.25) is 4.79 Å². The van der Waals surface area contributed by atoms with Gasteiger partial charge in [-0.2, -0.15) is 9.94 Å². The Hall–Kier alpha value is -3.38. The van der Waals surface area contributed by atoms with Gasteiger partial charge in [0.1, 0.15) is 11.8 Å². The van der Waals surface area contributed by atoms with Crippen LogP contribution in [0.1, 0.15) is 19.4 Å². The van der Waals surface area contributed by atoms with Gasteiger partial charge >= 0.3 is 0 Å². The van der Waals surface area contributed by atoms with Gasteiger partial charge in [0.2, 0.25) is 11.1 Å². The number of tetrazole rings is 1. The highest BCUT2D eigenvalue weighted by molar-refractivity contribution is 8.00. The molecule has 28 heavy (non-hydrogen) atoms. The topological polar surface area (TPSA) is 106 Å². The fourth-order valence-corrected chi connectivity index (χ4v) is 3.21. The van der Waals surface area contributed by atoms with Crippen molar-refractivity contribution in [3.05, 3.63) is 54.1 Å². The molecule has 3 aromatic rings. The second kappa shape index (κ2) is 9.01. The molecule has 0 aliphatic rings. The molecule has 0 saturated heterocycles. The fourth-order valence-electron chi connectivity index (χ4n) is 2.40. The zero-order valence-corrected chi connectivity index (χ0v) is 16.2. The third-order valence-electron chi connectivity index (χ3n) is 3.79. The first-order valence-corrected chi connectivity index (χ1v) is 9.48. The number of nitrogens with one attached hydrogen (secondary N) is 1. The molecule has 1 N–H and O–H groups in total. The molecule has 1 amide bonds. The fraction of sp³-hybridized carbons (Fsp3) is 0.211. The van der Waals surface area contributed by atoms with Crippen molar-refractivity contribution in [3.63, 3.8) is 0 Å². The van der Waals surface area contributed by atoms with Crippen molar-refractivity contribution < 1.29 is 9.53 Å². The van der Waals surface area contributed by atoms with Crippen LogP contribution in [-0.2, 0) is 4.79 Å². The summed E-state index contributed by atoms with van der Waals surface area (Å²) in [6.45, 7) is 4.27. The van der Waals surface area contributed by atoms with Gasteiger partial charge in [-0.05, 0) is 60.7 Å². The Morgan fingerprint density at radius 3 is 2.75 bits per heavy atom. The Balaban J connectivity index is 1.71. The molecule has 8 nitrogen and oxygen atoms in total. The Kier molecular flexibility index (Phi) is 6.24. The third-order valence-corrected chi connectivity index (χ3v) is 4.82. The molecule has 9 heteroatoms. The van der Waals surface area contributed by atoms with Crippen LogP contribution in [0.3, 0.4) is 0 Å². The number of benzene rings is 2. The summed E-state index contributed by atoms with van der Waals surface area (Å²) >= 11 is 1.23. The number of ether oxygens (including phenoxy) is 1. The summed E-state index contributed by atoms with van der Waals surface area (Å²) in [6, 6.07) is 16.3. The van der Waals surface area contributed by atoms with E-state index in [9.17, 15) is 4.79 Å². The Bertz CT molecular complexity index is 996. The summed E-state index contributed by atoms with van der Waals surface area (Å²) in [5.41, 5.74) is 1.65. The Labute approximate surface area is 166 Å². The number of nitrogens with zero attached hydrogens (tertiary/aromatic N) is 5. The van der Waals surface area contributed by atoms with E-state index in [1.54, 1.807) is 35.9 Å². The average molecular weight is 394 g/mol. The minimum Gasteiger partial charge on any atom is -0.494 e. The van der Waals surface area contributed by atoms with Gasteiger partial charge in [0.15, 0.2) is 0 Å². The van der Waals surface area contributed by atoms with E-state index in [1.165, 1.54) is 11.8 Å². The van der Waals surface area contributed by atoms with Gasteiger partial charge in [-0.15, -0.1) is 5.10 Å².